The van der Waals surface area contributed by atoms with Crippen molar-refractivity contribution in [2.24, 2.45) is 5.92 Å². The number of rotatable bonds is 7. The molecule has 1 atom stereocenters. The average molecular weight is 284 g/mol. The van der Waals surface area contributed by atoms with Gasteiger partial charge in [0.15, 0.2) is 0 Å². The molecule has 0 aromatic rings. The monoisotopic (exact) mass is 284 g/mol. The maximum absolute atomic E-state index is 12.8. The van der Waals surface area contributed by atoms with Crippen molar-refractivity contribution in [2.75, 3.05) is 19.8 Å². The molecule has 2 amide bonds. The fourth-order valence-corrected chi connectivity index (χ4v) is 2.74. The Morgan fingerprint density at radius 2 is 1.85 bits per heavy atom. The highest BCUT2D eigenvalue weighted by Gasteiger charge is 2.46. The smallest absolute Gasteiger partial charge is 0.249 e. The van der Waals surface area contributed by atoms with E-state index < -0.39 is 5.54 Å². The molecule has 0 radical (unpaired) electrons. The lowest BCUT2D eigenvalue weighted by Crippen LogP contribution is -2.69. The molecule has 1 aliphatic rings. The molecule has 0 saturated carbocycles. The number of nitrogens with one attached hydrogen (secondary N) is 1. The highest BCUT2D eigenvalue weighted by Crippen LogP contribution is 2.25. The summed E-state index contributed by atoms with van der Waals surface area (Å²) in [7, 11) is 0. The van der Waals surface area contributed by atoms with Crippen LogP contribution in [-0.2, 0) is 14.3 Å². The van der Waals surface area contributed by atoms with Crippen LogP contribution in [0.3, 0.4) is 0 Å². The summed E-state index contributed by atoms with van der Waals surface area (Å²) in [6.07, 6.45) is 1.23. The van der Waals surface area contributed by atoms with Crippen molar-refractivity contribution in [1.29, 1.82) is 0 Å². The van der Waals surface area contributed by atoms with E-state index in [1.54, 1.807) is 4.90 Å². The molecule has 20 heavy (non-hydrogen) atoms. The minimum Gasteiger partial charge on any atom is -0.380 e. The molecule has 0 aromatic heterocycles. The van der Waals surface area contributed by atoms with Gasteiger partial charge in [0.1, 0.15) is 12.1 Å². The van der Waals surface area contributed by atoms with E-state index in [2.05, 4.69) is 19.2 Å². The lowest BCUT2D eigenvalue weighted by Gasteiger charge is -2.45. The van der Waals surface area contributed by atoms with Crippen molar-refractivity contribution in [3.63, 3.8) is 0 Å². The van der Waals surface area contributed by atoms with E-state index in [0.29, 0.717) is 26.1 Å². The van der Waals surface area contributed by atoms with Crippen molar-refractivity contribution >= 4 is 11.8 Å². The lowest BCUT2D eigenvalue weighted by atomic mass is 9.87. The molecule has 116 valence electrons. The first kappa shape index (κ1) is 17.0. The van der Waals surface area contributed by atoms with E-state index in [4.69, 9.17) is 4.74 Å². The molecule has 5 nitrogen and oxygen atoms in total. The number of hydrogen-bond donors (Lipinski definition) is 1. The summed E-state index contributed by atoms with van der Waals surface area (Å²) in [5.74, 6) is 0.207. The van der Waals surface area contributed by atoms with Crippen molar-refractivity contribution in [3.8, 4) is 0 Å². The number of carbonyl (C=O) groups excluding carboxylic acids is 2. The Hall–Kier alpha value is -1.10. The molecule has 1 saturated heterocycles. The van der Waals surface area contributed by atoms with E-state index in [9.17, 15) is 9.59 Å². The zero-order valence-electron chi connectivity index (χ0n) is 13.4. The molecule has 1 unspecified atom stereocenters. The summed E-state index contributed by atoms with van der Waals surface area (Å²) >= 11 is 0. The molecule has 0 spiro atoms. The Balaban J connectivity index is 3.01. The standard InChI is InChI=1S/C15H28N2O3/c1-6-15(7-2)14(19)17(9-13(18)16-15)12(11(4)5)10-20-8-3/h11-12H,6-10H2,1-5H3,(H,16,18). The van der Waals surface area contributed by atoms with Gasteiger partial charge in [-0.25, -0.2) is 0 Å². The quantitative estimate of drug-likeness (QED) is 0.772. The van der Waals surface area contributed by atoms with Crippen LogP contribution in [0.1, 0.15) is 47.5 Å². The molecule has 1 heterocycles. The van der Waals surface area contributed by atoms with Gasteiger partial charge in [0.05, 0.1) is 12.6 Å². The van der Waals surface area contributed by atoms with Crippen LogP contribution in [0.15, 0.2) is 0 Å². The Labute approximate surface area is 122 Å². The van der Waals surface area contributed by atoms with Gasteiger partial charge in [0.25, 0.3) is 0 Å². The third-order valence-corrected chi connectivity index (χ3v) is 4.23. The Morgan fingerprint density at radius 3 is 2.30 bits per heavy atom. The lowest BCUT2D eigenvalue weighted by molar-refractivity contribution is -0.155. The number of amides is 2. The predicted octanol–water partition coefficient (Wildman–Crippen LogP) is 1.56. The molecular weight excluding hydrogens is 256 g/mol. The first-order chi connectivity index (χ1) is 9.41. The number of nitrogens with zero attached hydrogens (tertiary/aromatic N) is 1. The molecule has 1 N–H and O–H groups in total. The number of hydrogen-bond acceptors (Lipinski definition) is 3. The highest BCUT2D eigenvalue weighted by atomic mass is 16.5. The fraction of sp³-hybridized carbons (Fsp3) is 0.867. The summed E-state index contributed by atoms with van der Waals surface area (Å²) in [6.45, 7) is 11.2. The van der Waals surface area contributed by atoms with Crippen LogP contribution < -0.4 is 5.32 Å². The molecule has 0 aromatic carbocycles. The molecule has 1 aliphatic heterocycles. The molecular formula is C15H28N2O3. The van der Waals surface area contributed by atoms with Gasteiger partial charge in [-0.1, -0.05) is 27.7 Å². The van der Waals surface area contributed by atoms with Gasteiger partial charge < -0.3 is 15.0 Å². The number of ether oxygens (including phenoxy) is 1. The summed E-state index contributed by atoms with van der Waals surface area (Å²) in [4.78, 5) is 26.5. The molecule has 0 aliphatic carbocycles. The first-order valence-corrected chi connectivity index (χ1v) is 7.61. The van der Waals surface area contributed by atoms with Crippen LogP contribution in [0.5, 0.6) is 0 Å². The Morgan fingerprint density at radius 1 is 1.25 bits per heavy atom. The fourth-order valence-electron chi connectivity index (χ4n) is 2.74. The van der Waals surface area contributed by atoms with E-state index in [-0.39, 0.29) is 30.3 Å². The largest absolute Gasteiger partial charge is 0.380 e. The molecule has 5 heteroatoms. The third kappa shape index (κ3) is 3.32. The maximum Gasteiger partial charge on any atom is 0.249 e. The van der Waals surface area contributed by atoms with Crippen molar-refractivity contribution in [1.82, 2.24) is 10.2 Å². The Bertz CT molecular complexity index is 351. The highest BCUT2D eigenvalue weighted by molar-refractivity contribution is 5.98. The minimum absolute atomic E-state index is 0.0282. The SMILES string of the molecule is CCOCC(C(C)C)N1CC(=O)NC(CC)(CC)C1=O. The van der Waals surface area contributed by atoms with Gasteiger partial charge in [0, 0.05) is 6.61 Å². The minimum atomic E-state index is -0.741. The van der Waals surface area contributed by atoms with Crippen LogP contribution in [0.25, 0.3) is 0 Å². The Kier molecular flexibility index (Phi) is 5.99. The maximum atomic E-state index is 12.8. The number of carbonyl (C=O) groups is 2. The van der Waals surface area contributed by atoms with Gasteiger partial charge in [-0.2, -0.15) is 0 Å². The third-order valence-electron chi connectivity index (χ3n) is 4.23. The van der Waals surface area contributed by atoms with Crippen LogP contribution in [-0.4, -0.2) is 48.1 Å². The van der Waals surface area contributed by atoms with E-state index >= 15 is 0 Å². The van der Waals surface area contributed by atoms with Gasteiger partial charge in [-0.05, 0) is 25.7 Å². The predicted molar refractivity (Wildman–Crippen MR) is 78.3 cm³/mol. The van der Waals surface area contributed by atoms with Gasteiger partial charge in [-0.3, -0.25) is 9.59 Å². The van der Waals surface area contributed by atoms with Crippen LogP contribution in [0, 0.1) is 5.92 Å². The van der Waals surface area contributed by atoms with Crippen molar-refractivity contribution in [2.45, 2.75) is 59.0 Å². The van der Waals surface area contributed by atoms with Gasteiger partial charge >= 0.3 is 0 Å². The van der Waals surface area contributed by atoms with E-state index in [1.165, 1.54) is 0 Å². The summed E-state index contributed by atoms with van der Waals surface area (Å²) in [5, 5.41) is 2.89. The zero-order chi connectivity index (χ0) is 15.3. The zero-order valence-corrected chi connectivity index (χ0v) is 13.4. The second kappa shape index (κ2) is 7.07. The van der Waals surface area contributed by atoms with Crippen LogP contribution in [0.2, 0.25) is 0 Å². The summed E-state index contributed by atoms with van der Waals surface area (Å²) in [5.41, 5.74) is -0.741. The molecule has 0 bridgehead atoms. The number of piperazine rings is 1. The second-order valence-corrected chi connectivity index (χ2v) is 5.74. The summed E-state index contributed by atoms with van der Waals surface area (Å²) < 4.78 is 5.50. The van der Waals surface area contributed by atoms with E-state index in [0.717, 1.165) is 0 Å². The second-order valence-electron chi connectivity index (χ2n) is 5.74. The average Bonchev–Trinajstić information content (AvgIpc) is 2.42. The van der Waals surface area contributed by atoms with Gasteiger partial charge in [-0.15, -0.1) is 0 Å². The van der Waals surface area contributed by atoms with Gasteiger partial charge in [0.2, 0.25) is 11.8 Å². The molecule has 1 rings (SSSR count). The molecule has 1 fully saturated rings. The summed E-state index contributed by atoms with van der Waals surface area (Å²) in [6, 6.07) is -0.0500. The topological polar surface area (TPSA) is 58.6 Å². The first-order valence-electron chi connectivity index (χ1n) is 7.61. The van der Waals surface area contributed by atoms with Crippen molar-refractivity contribution < 1.29 is 14.3 Å². The van der Waals surface area contributed by atoms with Crippen LogP contribution in [0.4, 0.5) is 0 Å². The van der Waals surface area contributed by atoms with E-state index in [1.807, 2.05) is 20.8 Å². The van der Waals surface area contributed by atoms with Crippen molar-refractivity contribution in [3.05, 3.63) is 0 Å². The van der Waals surface area contributed by atoms with Crippen LogP contribution >= 0.6 is 0 Å². The normalized spacial score (nSPS) is 20.2.